The minimum Gasteiger partial charge on any atom is -0.353 e. The van der Waals surface area contributed by atoms with Gasteiger partial charge in [0, 0.05) is 19.0 Å². The van der Waals surface area contributed by atoms with Gasteiger partial charge >= 0.3 is 0 Å². The summed E-state index contributed by atoms with van der Waals surface area (Å²) in [4.78, 5) is 17.7. The highest BCUT2D eigenvalue weighted by atomic mass is 32.1. The molecule has 2 fully saturated rings. The molecular weight excluding hydrogens is 318 g/mol. The summed E-state index contributed by atoms with van der Waals surface area (Å²) in [6.07, 6.45) is 5.47. The van der Waals surface area contributed by atoms with E-state index in [-0.39, 0.29) is 17.4 Å². The quantitative estimate of drug-likeness (QED) is 0.897. The topological polar surface area (TPSA) is 54.0 Å². The molecule has 24 heavy (non-hydrogen) atoms. The number of fused-ring (bicyclic) bond motifs is 2. The molecule has 2 aliphatic rings. The number of carbonyl (C=O) groups excluding carboxylic acids is 1. The number of rotatable bonds is 4. The number of thiazole rings is 1. The first kappa shape index (κ1) is 16.0. The van der Waals surface area contributed by atoms with Crippen molar-refractivity contribution < 1.29 is 4.79 Å². The lowest BCUT2D eigenvalue weighted by atomic mass is 9.67. The molecule has 1 saturated heterocycles. The van der Waals surface area contributed by atoms with E-state index in [2.05, 4.69) is 23.6 Å². The van der Waals surface area contributed by atoms with Crippen LogP contribution in [0.15, 0.2) is 24.3 Å². The molecule has 1 unspecified atom stereocenters. The average Bonchev–Trinajstić information content (AvgIpc) is 3.18. The lowest BCUT2D eigenvalue weighted by Gasteiger charge is -2.37. The molecule has 0 bridgehead atoms. The second-order valence-electron chi connectivity index (χ2n) is 7.38. The molecule has 1 aliphatic carbocycles. The van der Waals surface area contributed by atoms with Crippen molar-refractivity contribution in [3.05, 3.63) is 29.3 Å². The van der Waals surface area contributed by atoms with Crippen molar-refractivity contribution in [2.24, 2.45) is 11.3 Å². The zero-order chi connectivity index (χ0) is 16.6. The van der Waals surface area contributed by atoms with Gasteiger partial charge in [-0.2, -0.15) is 0 Å². The number of hydrogen-bond acceptors (Lipinski definition) is 4. The number of benzene rings is 1. The van der Waals surface area contributed by atoms with Crippen molar-refractivity contribution in [2.75, 3.05) is 13.1 Å². The fourth-order valence-corrected chi connectivity index (χ4v) is 5.47. The Bertz CT molecular complexity index is 710. The predicted octanol–water partition coefficient (Wildman–Crippen LogP) is 3.12. The second kappa shape index (κ2) is 6.45. The highest BCUT2D eigenvalue weighted by molar-refractivity contribution is 7.18. The van der Waals surface area contributed by atoms with Crippen LogP contribution in [0.5, 0.6) is 0 Å². The maximum absolute atomic E-state index is 13.0. The first-order valence-electron chi connectivity index (χ1n) is 9.03. The summed E-state index contributed by atoms with van der Waals surface area (Å²) in [5.41, 5.74) is 0.891. The van der Waals surface area contributed by atoms with Crippen molar-refractivity contribution >= 4 is 27.5 Å². The highest BCUT2D eigenvalue weighted by Crippen LogP contribution is 2.44. The van der Waals surface area contributed by atoms with Gasteiger partial charge in [-0.25, -0.2) is 4.98 Å². The number of amides is 1. The molecular formula is C19H25N3OS. The standard InChI is InChI=1S/C19H25N3OS/c1-13(10-17-22-15-7-2-3-8-16(15)24-17)21-18(23)19-9-5-4-6-14(19)11-20-12-19/h2-3,7-8,13-14,20H,4-6,9-12H2,1H3,(H,21,23)/t13?,14-,19+/m0/s1. The maximum atomic E-state index is 13.0. The van der Waals surface area contributed by atoms with Crippen LogP contribution in [0, 0.1) is 11.3 Å². The molecule has 2 N–H and O–H groups in total. The number of aromatic nitrogens is 1. The smallest absolute Gasteiger partial charge is 0.228 e. The minimum atomic E-state index is -0.167. The number of para-hydroxylation sites is 1. The van der Waals surface area contributed by atoms with E-state index < -0.39 is 0 Å². The van der Waals surface area contributed by atoms with Gasteiger partial charge in [0.15, 0.2) is 0 Å². The van der Waals surface area contributed by atoms with E-state index in [1.807, 2.05) is 18.2 Å². The molecule has 5 heteroatoms. The summed E-state index contributed by atoms with van der Waals surface area (Å²) >= 11 is 1.73. The van der Waals surface area contributed by atoms with Crippen molar-refractivity contribution in [3.8, 4) is 0 Å². The Morgan fingerprint density at radius 1 is 1.46 bits per heavy atom. The van der Waals surface area contributed by atoms with Gasteiger partial charge in [-0.05, 0) is 44.4 Å². The van der Waals surface area contributed by atoms with Gasteiger partial charge in [-0.1, -0.05) is 25.0 Å². The number of carbonyl (C=O) groups is 1. The van der Waals surface area contributed by atoms with E-state index in [0.29, 0.717) is 5.92 Å². The Morgan fingerprint density at radius 2 is 2.33 bits per heavy atom. The number of hydrogen-bond donors (Lipinski definition) is 2. The van der Waals surface area contributed by atoms with Gasteiger partial charge in [0.1, 0.15) is 0 Å². The molecule has 4 rings (SSSR count). The molecule has 1 amide bonds. The van der Waals surface area contributed by atoms with Crippen molar-refractivity contribution in [1.82, 2.24) is 15.6 Å². The lowest BCUT2D eigenvalue weighted by Crippen LogP contribution is -2.50. The highest BCUT2D eigenvalue weighted by Gasteiger charge is 2.49. The predicted molar refractivity (Wildman–Crippen MR) is 98.2 cm³/mol. The summed E-state index contributed by atoms with van der Waals surface area (Å²) < 4.78 is 1.22. The number of nitrogens with zero attached hydrogens (tertiary/aromatic N) is 1. The minimum absolute atomic E-state index is 0.121. The maximum Gasteiger partial charge on any atom is 0.228 e. The normalized spacial score (nSPS) is 27.8. The fourth-order valence-electron chi connectivity index (χ4n) is 4.38. The molecule has 1 saturated carbocycles. The SMILES string of the molecule is CC(Cc1nc2ccccc2s1)NC(=O)[C@@]12CCCC[C@H]1CNC2. The molecule has 2 aromatic rings. The van der Waals surface area contributed by atoms with Crippen LogP contribution in [0.3, 0.4) is 0 Å². The summed E-state index contributed by atoms with van der Waals surface area (Å²) in [5, 5.41) is 7.85. The van der Waals surface area contributed by atoms with E-state index >= 15 is 0 Å². The molecule has 0 spiro atoms. The van der Waals surface area contributed by atoms with Crippen molar-refractivity contribution in [1.29, 1.82) is 0 Å². The molecule has 1 aromatic heterocycles. The number of nitrogens with one attached hydrogen (secondary N) is 2. The Labute approximate surface area is 147 Å². The molecule has 1 aliphatic heterocycles. The average molecular weight is 343 g/mol. The van der Waals surface area contributed by atoms with E-state index in [0.717, 1.165) is 36.5 Å². The largest absolute Gasteiger partial charge is 0.353 e. The van der Waals surface area contributed by atoms with E-state index in [1.54, 1.807) is 11.3 Å². The first-order chi connectivity index (χ1) is 11.7. The molecule has 3 atom stereocenters. The van der Waals surface area contributed by atoms with Crippen LogP contribution < -0.4 is 10.6 Å². The van der Waals surface area contributed by atoms with Crippen molar-refractivity contribution in [3.63, 3.8) is 0 Å². The van der Waals surface area contributed by atoms with Gasteiger partial charge in [-0.3, -0.25) is 4.79 Å². The van der Waals surface area contributed by atoms with Crippen LogP contribution in [0.4, 0.5) is 0 Å². The zero-order valence-corrected chi connectivity index (χ0v) is 15.0. The monoisotopic (exact) mass is 343 g/mol. The molecule has 2 heterocycles. The Morgan fingerprint density at radius 3 is 3.21 bits per heavy atom. The second-order valence-corrected chi connectivity index (χ2v) is 8.50. The van der Waals surface area contributed by atoms with Crippen LogP contribution in [-0.4, -0.2) is 30.0 Å². The molecule has 128 valence electrons. The van der Waals surface area contributed by atoms with E-state index in [9.17, 15) is 4.79 Å². The zero-order valence-electron chi connectivity index (χ0n) is 14.2. The third-order valence-corrected chi connectivity index (χ3v) is 6.75. The Balaban J connectivity index is 1.43. The summed E-state index contributed by atoms with van der Waals surface area (Å²) in [7, 11) is 0. The first-order valence-corrected chi connectivity index (χ1v) is 9.85. The van der Waals surface area contributed by atoms with E-state index in [1.165, 1.54) is 24.0 Å². The third-order valence-electron chi connectivity index (χ3n) is 5.69. The van der Waals surface area contributed by atoms with Gasteiger partial charge < -0.3 is 10.6 Å². The van der Waals surface area contributed by atoms with E-state index in [4.69, 9.17) is 4.98 Å². The Kier molecular flexibility index (Phi) is 4.31. The summed E-state index contributed by atoms with van der Waals surface area (Å²) in [5.74, 6) is 0.770. The van der Waals surface area contributed by atoms with Gasteiger partial charge in [0.25, 0.3) is 0 Å². The third kappa shape index (κ3) is 2.84. The molecule has 1 aromatic carbocycles. The van der Waals surface area contributed by atoms with Crippen LogP contribution in [0.25, 0.3) is 10.2 Å². The van der Waals surface area contributed by atoms with Crippen LogP contribution >= 0.6 is 11.3 Å². The summed E-state index contributed by atoms with van der Waals surface area (Å²) in [6.45, 7) is 3.94. The fraction of sp³-hybridized carbons (Fsp3) is 0.579. The van der Waals surface area contributed by atoms with Crippen LogP contribution in [0.1, 0.15) is 37.6 Å². The molecule has 4 nitrogen and oxygen atoms in total. The van der Waals surface area contributed by atoms with Gasteiger partial charge in [0.2, 0.25) is 5.91 Å². The summed E-state index contributed by atoms with van der Waals surface area (Å²) in [6, 6.07) is 8.34. The lowest BCUT2D eigenvalue weighted by molar-refractivity contribution is -0.134. The molecule has 0 radical (unpaired) electrons. The van der Waals surface area contributed by atoms with Gasteiger partial charge in [-0.15, -0.1) is 11.3 Å². The van der Waals surface area contributed by atoms with Crippen LogP contribution in [0.2, 0.25) is 0 Å². The van der Waals surface area contributed by atoms with Crippen LogP contribution in [-0.2, 0) is 11.2 Å². The Hall–Kier alpha value is -1.46. The van der Waals surface area contributed by atoms with Crippen molar-refractivity contribution in [2.45, 2.75) is 45.1 Å². The van der Waals surface area contributed by atoms with Gasteiger partial charge in [0.05, 0.1) is 20.6 Å².